The second-order valence-electron chi connectivity index (χ2n) is 10.4. The monoisotopic (exact) mass is 578 g/mol. The van der Waals surface area contributed by atoms with E-state index in [2.05, 4.69) is 18.7 Å². The molecular weight excluding hydrogens is 536 g/mol. The van der Waals surface area contributed by atoms with Gasteiger partial charge in [0.05, 0.1) is 4.90 Å². The van der Waals surface area contributed by atoms with E-state index in [4.69, 9.17) is 4.18 Å². The van der Waals surface area contributed by atoms with Crippen LogP contribution in [0, 0.1) is 0 Å². The molecule has 216 valence electrons. The van der Waals surface area contributed by atoms with E-state index in [9.17, 15) is 21.6 Å². The minimum absolute atomic E-state index is 0.0459. The van der Waals surface area contributed by atoms with Crippen LogP contribution in [-0.4, -0.2) is 71.0 Å². The summed E-state index contributed by atoms with van der Waals surface area (Å²) in [4.78, 5) is 16.7. The fourth-order valence-corrected chi connectivity index (χ4v) is 6.47. The topological polar surface area (TPSA) is 101 Å². The van der Waals surface area contributed by atoms with Crippen LogP contribution in [-0.2, 0) is 31.2 Å². The number of benzene rings is 2. The summed E-state index contributed by atoms with van der Waals surface area (Å²) in [6.45, 7) is 8.11. The highest BCUT2D eigenvalue weighted by atomic mass is 32.2. The van der Waals surface area contributed by atoms with Gasteiger partial charge in [-0.05, 0) is 100 Å². The Kier molecular flexibility index (Phi) is 11.4. The lowest BCUT2D eigenvalue weighted by molar-refractivity contribution is -0.130. The fraction of sp³-hybridized carbons (Fsp3) is 0.552. The zero-order chi connectivity index (χ0) is 28.5. The van der Waals surface area contributed by atoms with Gasteiger partial charge in [0.2, 0.25) is 5.91 Å². The molecule has 0 spiro atoms. The van der Waals surface area contributed by atoms with Crippen LogP contribution < -0.4 is 4.18 Å². The van der Waals surface area contributed by atoms with Crippen molar-refractivity contribution in [1.82, 2.24) is 9.80 Å². The molecule has 1 atom stereocenters. The number of rotatable bonds is 14. The molecule has 1 heterocycles. The van der Waals surface area contributed by atoms with Crippen LogP contribution in [0.4, 0.5) is 0 Å². The van der Waals surface area contributed by atoms with Gasteiger partial charge in [-0.25, -0.2) is 8.42 Å². The highest BCUT2D eigenvalue weighted by Crippen LogP contribution is 2.22. The van der Waals surface area contributed by atoms with E-state index >= 15 is 0 Å². The SMILES string of the molecule is CCCN(CCCCN1CCCCCC1=O)C(C)Cc1ccc(OS(=O)(=O)c2ccc(S(C)(=O)=O)cc2)cc1. The number of hydrogen-bond donors (Lipinski definition) is 0. The third-order valence-corrected chi connectivity index (χ3v) is 9.52. The molecule has 1 amide bonds. The summed E-state index contributed by atoms with van der Waals surface area (Å²) in [7, 11) is -7.50. The second-order valence-corrected chi connectivity index (χ2v) is 14.0. The van der Waals surface area contributed by atoms with Crippen LogP contribution >= 0.6 is 0 Å². The quantitative estimate of drug-likeness (QED) is 0.237. The van der Waals surface area contributed by atoms with E-state index in [-0.39, 0.29) is 15.5 Å². The lowest BCUT2D eigenvalue weighted by atomic mass is 10.0. The summed E-state index contributed by atoms with van der Waals surface area (Å²) in [6, 6.07) is 12.3. The van der Waals surface area contributed by atoms with Crippen molar-refractivity contribution in [3.63, 3.8) is 0 Å². The lowest BCUT2D eigenvalue weighted by Gasteiger charge is -2.29. The van der Waals surface area contributed by atoms with Gasteiger partial charge in [-0.1, -0.05) is 25.5 Å². The normalized spacial score (nSPS) is 15.8. The van der Waals surface area contributed by atoms with E-state index in [1.807, 2.05) is 17.0 Å². The van der Waals surface area contributed by atoms with Gasteiger partial charge >= 0.3 is 10.1 Å². The van der Waals surface area contributed by atoms with Gasteiger partial charge in [-0.3, -0.25) is 4.79 Å². The van der Waals surface area contributed by atoms with Crippen molar-refractivity contribution in [3.05, 3.63) is 54.1 Å². The Balaban J connectivity index is 1.52. The molecule has 39 heavy (non-hydrogen) atoms. The molecule has 0 N–H and O–H groups in total. The third kappa shape index (κ3) is 9.61. The van der Waals surface area contributed by atoms with Crippen LogP contribution in [0.3, 0.4) is 0 Å². The first-order valence-electron chi connectivity index (χ1n) is 13.8. The lowest BCUT2D eigenvalue weighted by Crippen LogP contribution is -2.37. The van der Waals surface area contributed by atoms with E-state index in [0.29, 0.717) is 18.4 Å². The maximum Gasteiger partial charge on any atom is 0.339 e. The summed E-state index contributed by atoms with van der Waals surface area (Å²) < 4.78 is 53.8. The first kappa shape index (κ1) is 31.1. The van der Waals surface area contributed by atoms with Crippen molar-refractivity contribution in [2.24, 2.45) is 0 Å². The second kappa shape index (κ2) is 14.3. The number of nitrogens with zero attached hydrogens (tertiary/aromatic N) is 2. The van der Waals surface area contributed by atoms with Crippen LogP contribution in [0.1, 0.15) is 64.4 Å². The largest absolute Gasteiger partial charge is 0.379 e. The molecule has 0 aliphatic carbocycles. The molecule has 1 aliphatic rings. The van der Waals surface area contributed by atoms with Gasteiger partial charge < -0.3 is 14.0 Å². The zero-order valence-electron chi connectivity index (χ0n) is 23.3. The van der Waals surface area contributed by atoms with Crippen molar-refractivity contribution in [1.29, 1.82) is 0 Å². The van der Waals surface area contributed by atoms with Gasteiger partial charge in [-0.2, -0.15) is 8.42 Å². The first-order chi connectivity index (χ1) is 18.5. The number of likely N-dealkylation sites (tertiary alicyclic amines) is 1. The van der Waals surface area contributed by atoms with Crippen molar-refractivity contribution < 1.29 is 25.8 Å². The maximum absolute atomic E-state index is 12.6. The van der Waals surface area contributed by atoms with Crippen molar-refractivity contribution in [2.75, 3.05) is 32.4 Å². The maximum atomic E-state index is 12.6. The molecule has 2 aromatic carbocycles. The third-order valence-electron chi connectivity index (χ3n) is 7.13. The zero-order valence-corrected chi connectivity index (χ0v) is 25.0. The predicted octanol–water partition coefficient (Wildman–Crippen LogP) is 4.68. The number of hydrogen-bond acceptors (Lipinski definition) is 7. The van der Waals surface area contributed by atoms with E-state index < -0.39 is 20.0 Å². The molecule has 0 bridgehead atoms. The summed E-state index contributed by atoms with van der Waals surface area (Å²) >= 11 is 0. The highest BCUT2D eigenvalue weighted by molar-refractivity contribution is 7.90. The van der Waals surface area contributed by atoms with Crippen LogP contribution in [0.2, 0.25) is 0 Å². The molecule has 1 fully saturated rings. The average molecular weight is 579 g/mol. The predicted molar refractivity (Wildman–Crippen MR) is 153 cm³/mol. The van der Waals surface area contributed by atoms with Gasteiger partial charge in [0.15, 0.2) is 9.84 Å². The molecule has 0 saturated carbocycles. The number of unbranched alkanes of at least 4 members (excludes halogenated alkanes) is 1. The Morgan fingerprint density at radius 1 is 0.897 bits per heavy atom. The Hall–Kier alpha value is -2.43. The Labute approximate surface area is 234 Å². The standard InChI is InChI=1S/C29H42N2O6S2/c1-4-19-30(20-8-9-22-31-21-7-5-6-10-29(31)32)24(2)23-25-11-13-26(14-12-25)37-39(35,36)28-17-15-27(16-18-28)38(3,33)34/h11-18,24H,4-10,19-23H2,1-3H3. The Morgan fingerprint density at radius 3 is 2.21 bits per heavy atom. The Morgan fingerprint density at radius 2 is 1.56 bits per heavy atom. The van der Waals surface area contributed by atoms with Crippen molar-refractivity contribution in [2.45, 2.75) is 81.0 Å². The summed E-state index contributed by atoms with van der Waals surface area (Å²) in [5.74, 6) is 0.503. The van der Waals surface area contributed by atoms with Crippen molar-refractivity contribution >= 4 is 25.9 Å². The van der Waals surface area contributed by atoms with Gasteiger partial charge in [-0.15, -0.1) is 0 Å². The van der Waals surface area contributed by atoms with Gasteiger partial charge in [0.1, 0.15) is 10.6 Å². The minimum atomic E-state index is -4.09. The molecular formula is C29H42N2O6S2. The summed E-state index contributed by atoms with van der Waals surface area (Å²) in [6.07, 6.45) is 8.97. The number of amides is 1. The number of carbonyl (C=O) groups excluding carboxylic acids is 1. The Bertz CT molecular complexity index is 1280. The van der Waals surface area contributed by atoms with Crippen LogP contribution in [0.25, 0.3) is 0 Å². The molecule has 8 nitrogen and oxygen atoms in total. The van der Waals surface area contributed by atoms with E-state index in [1.54, 1.807) is 12.1 Å². The smallest absolute Gasteiger partial charge is 0.339 e. The molecule has 1 unspecified atom stereocenters. The van der Waals surface area contributed by atoms with Gasteiger partial charge in [0, 0.05) is 31.8 Å². The molecule has 2 aromatic rings. The molecule has 3 rings (SSSR count). The van der Waals surface area contributed by atoms with Crippen LogP contribution in [0.5, 0.6) is 5.75 Å². The first-order valence-corrected chi connectivity index (χ1v) is 17.1. The van der Waals surface area contributed by atoms with E-state index in [1.165, 1.54) is 24.3 Å². The molecule has 1 saturated heterocycles. The van der Waals surface area contributed by atoms with Crippen LogP contribution in [0.15, 0.2) is 58.3 Å². The summed E-state index contributed by atoms with van der Waals surface area (Å²) in [5.41, 5.74) is 1.08. The summed E-state index contributed by atoms with van der Waals surface area (Å²) in [5, 5.41) is 0. The highest BCUT2D eigenvalue weighted by Gasteiger charge is 2.19. The fourth-order valence-electron chi connectivity index (χ4n) is 4.91. The minimum Gasteiger partial charge on any atom is -0.379 e. The van der Waals surface area contributed by atoms with Gasteiger partial charge in [0.25, 0.3) is 0 Å². The molecule has 1 aliphatic heterocycles. The van der Waals surface area contributed by atoms with E-state index in [0.717, 1.165) is 82.9 Å². The molecule has 0 radical (unpaired) electrons. The average Bonchev–Trinajstić information content (AvgIpc) is 3.10. The number of sulfone groups is 1. The number of carbonyl (C=O) groups is 1. The molecule has 0 aromatic heterocycles. The van der Waals surface area contributed by atoms with Crippen molar-refractivity contribution in [3.8, 4) is 5.75 Å². The molecule has 10 heteroatoms.